The molecule has 5 rings (SSSR count). The Morgan fingerprint density at radius 1 is 1.00 bits per heavy atom. The average molecular weight is 541 g/mol. The Labute approximate surface area is 222 Å². The number of carbonyl (C=O) groups is 1. The molecule has 3 aromatic carbocycles. The van der Waals surface area contributed by atoms with Gasteiger partial charge in [-0.1, -0.05) is 59.1 Å². The Hall–Kier alpha value is -3.19. The molecular formula is C27H20Cl3N3O3. The Morgan fingerprint density at radius 3 is 2.33 bits per heavy atom. The van der Waals surface area contributed by atoms with E-state index < -0.39 is 16.9 Å². The zero-order valence-corrected chi connectivity index (χ0v) is 21.2. The molecule has 0 saturated heterocycles. The molecule has 9 heteroatoms. The first-order chi connectivity index (χ1) is 17.3. The number of rotatable bonds is 4. The van der Waals surface area contributed by atoms with Gasteiger partial charge in [0, 0.05) is 28.1 Å². The molecule has 1 heterocycles. The molecule has 1 aliphatic heterocycles. The van der Waals surface area contributed by atoms with Gasteiger partial charge in [0.1, 0.15) is 0 Å². The van der Waals surface area contributed by atoms with Gasteiger partial charge in [0.15, 0.2) is 0 Å². The van der Waals surface area contributed by atoms with E-state index in [1.807, 2.05) is 36.4 Å². The van der Waals surface area contributed by atoms with Gasteiger partial charge in [0.2, 0.25) is 0 Å². The van der Waals surface area contributed by atoms with Crippen LogP contribution in [0.15, 0.2) is 77.4 Å². The highest BCUT2D eigenvalue weighted by Crippen LogP contribution is 2.45. The van der Waals surface area contributed by atoms with E-state index in [9.17, 15) is 14.9 Å². The van der Waals surface area contributed by atoms with Gasteiger partial charge in [0.05, 0.1) is 27.3 Å². The number of amides is 1. The minimum Gasteiger partial charge on any atom is -0.267 e. The molecule has 6 nitrogen and oxygen atoms in total. The number of hydrogen-bond donors (Lipinski definition) is 0. The number of halogens is 3. The van der Waals surface area contributed by atoms with Gasteiger partial charge in [0.25, 0.3) is 11.6 Å². The van der Waals surface area contributed by atoms with Crippen LogP contribution < -0.4 is 0 Å². The van der Waals surface area contributed by atoms with Crippen LogP contribution in [0, 0.1) is 16.0 Å². The van der Waals surface area contributed by atoms with E-state index in [1.54, 1.807) is 12.1 Å². The second-order valence-electron chi connectivity index (χ2n) is 8.77. The van der Waals surface area contributed by atoms with E-state index >= 15 is 0 Å². The molecule has 1 fully saturated rings. The predicted molar refractivity (Wildman–Crippen MR) is 143 cm³/mol. The van der Waals surface area contributed by atoms with E-state index in [0.717, 1.165) is 41.7 Å². The highest BCUT2D eigenvalue weighted by Gasteiger charge is 2.44. The number of nitro benzene ring substituents is 1. The lowest BCUT2D eigenvalue weighted by Gasteiger charge is -2.29. The van der Waals surface area contributed by atoms with Gasteiger partial charge < -0.3 is 0 Å². The highest BCUT2D eigenvalue weighted by atomic mass is 35.5. The maximum absolute atomic E-state index is 13.8. The zero-order valence-electron chi connectivity index (χ0n) is 18.9. The standard InChI is InChI=1S/C27H20Cl3N3O3/c28-19-8-4-16(5-9-19)14-18-2-1-3-22-25(18)31-32(26(22)17-6-10-20(29)11-7-17)27(34)23-15-21(33(35)36)12-13-24(23)30/h4-15,22,26H,1-3H2/b18-14-/t22-,26+/m1/s1. The molecule has 1 aliphatic carbocycles. The quantitative estimate of drug-likeness (QED) is 0.248. The minimum atomic E-state index is -0.549. The summed E-state index contributed by atoms with van der Waals surface area (Å²) in [5, 5.41) is 19.0. The van der Waals surface area contributed by atoms with Gasteiger partial charge in [-0.05, 0) is 72.4 Å². The molecule has 0 spiro atoms. The van der Waals surface area contributed by atoms with E-state index in [-0.39, 0.29) is 22.2 Å². The maximum Gasteiger partial charge on any atom is 0.276 e. The number of non-ortho nitro benzene ring substituents is 1. The Morgan fingerprint density at radius 2 is 1.67 bits per heavy atom. The highest BCUT2D eigenvalue weighted by molar-refractivity contribution is 6.34. The van der Waals surface area contributed by atoms with Crippen molar-refractivity contribution in [2.24, 2.45) is 11.0 Å². The molecule has 2 atom stereocenters. The first-order valence-electron chi connectivity index (χ1n) is 11.4. The van der Waals surface area contributed by atoms with Crippen molar-refractivity contribution in [2.75, 3.05) is 0 Å². The summed E-state index contributed by atoms with van der Waals surface area (Å²) in [6.45, 7) is 0. The maximum atomic E-state index is 13.8. The molecule has 0 unspecified atom stereocenters. The summed E-state index contributed by atoms with van der Waals surface area (Å²) < 4.78 is 0. The third-order valence-corrected chi connectivity index (χ3v) is 7.36. The van der Waals surface area contributed by atoms with Crippen LogP contribution in [0.25, 0.3) is 6.08 Å². The van der Waals surface area contributed by atoms with Crippen molar-refractivity contribution in [3.05, 3.63) is 114 Å². The molecule has 1 amide bonds. The van der Waals surface area contributed by atoms with Gasteiger partial charge in [-0.25, -0.2) is 5.01 Å². The van der Waals surface area contributed by atoms with Crippen LogP contribution in [0.3, 0.4) is 0 Å². The lowest BCUT2D eigenvalue weighted by molar-refractivity contribution is -0.384. The largest absolute Gasteiger partial charge is 0.276 e. The van der Waals surface area contributed by atoms with Gasteiger partial charge in [-0.15, -0.1) is 0 Å². The number of carbonyl (C=O) groups excluding carboxylic acids is 1. The van der Waals surface area contributed by atoms with Crippen LogP contribution in [0.5, 0.6) is 0 Å². The number of hydrazone groups is 1. The minimum absolute atomic E-state index is 0.0380. The molecular weight excluding hydrogens is 521 g/mol. The van der Waals surface area contributed by atoms with E-state index in [0.29, 0.717) is 10.0 Å². The average Bonchev–Trinajstić information content (AvgIpc) is 3.26. The number of benzene rings is 3. The van der Waals surface area contributed by atoms with Crippen LogP contribution in [-0.4, -0.2) is 21.6 Å². The van der Waals surface area contributed by atoms with Gasteiger partial charge in [-0.3, -0.25) is 14.9 Å². The van der Waals surface area contributed by atoms with Gasteiger partial charge >= 0.3 is 0 Å². The van der Waals surface area contributed by atoms with Crippen molar-refractivity contribution < 1.29 is 9.72 Å². The van der Waals surface area contributed by atoms with Crippen molar-refractivity contribution in [3.63, 3.8) is 0 Å². The second kappa shape index (κ2) is 10.1. The number of allylic oxidation sites excluding steroid dienone is 1. The Kier molecular flexibility index (Phi) is 6.84. The molecule has 2 aliphatic rings. The summed E-state index contributed by atoms with van der Waals surface area (Å²) in [6.07, 6.45) is 4.68. The van der Waals surface area contributed by atoms with E-state index in [1.165, 1.54) is 23.2 Å². The Bertz CT molecular complexity index is 1400. The van der Waals surface area contributed by atoms with Crippen molar-refractivity contribution in [1.29, 1.82) is 0 Å². The molecule has 0 N–H and O–H groups in total. The summed E-state index contributed by atoms with van der Waals surface area (Å²) in [5.74, 6) is -0.531. The van der Waals surface area contributed by atoms with Crippen molar-refractivity contribution in [1.82, 2.24) is 5.01 Å². The zero-order chi connectivity index (χ0) is 25.4. The number of hydrogen-bond acceptors (Lipinski definition) is 4. The second-order valence-corrected chi connectivity index (χ2v) is 10.1. The van der Waals surface area contributed by atoms with E-state index in [4.69, 9.17) is 39.9 Å². The molecule has 0 radical (unpaired) electrons. The monoisotopic (exact) mass is 539 g/mol. The fraction of sp³-hybridized carbons (Fsp3) is 0.185. The topological polar surface area (TPSA) is 75.8 Å². The van der Waals surface area contributed by atoms with Crippen LogP contribution in [0.4, 0.5) is 5.69 Å². The molecule has 0 aromatic heterocycles. The normalized spacial score (nSPS) is 20.2. The number of nitro groups is 1. The Balaban J connectivity index is 1.60. The summed E-state index contributed by atoms with van der Waals surface area (Å²) >= 11 is 18.5. The smallest absolute Gasteiger partial charge is 0.267 e. The van der Waals surface area contributed by atoms with Crippen LogP contribution in [0.2, 0.25) is 15.1 Å². The first-order valence-corrected chi connectivity index (χ1v) is 12.5. The summed E-state index contributed by atoms with van der Waals surface area (Å²) in [4.78, 5) is 24.6. The van der Waals surface area contributed by atoms with Crippen molar-refractivity contribution >= 4 is 58.2 Å². The summed E-state index contributed by atoms with van der Waals surface area (Å²) in [7, 11) is 0. The third kappa shape index (κ3) is 4.76. The fourth-order valence-electron chi connectivity index (χ4n) is 4.84. The summed E-state index contributed by atoms with van der Waals surface area (Å²) in [5.41, 5.74) is 3.59. The van der Waals surface area contributed by atoms with Gasteiger partial charge in [-0.2, -0.15) is 5.10 Å². The fourth-order valence-corrected chi connectivity index (χ4v) is 5.29. The molecule has 0 bridgehead atoms. The molecule has 182 valence electrons. The van der Waals surface area contributed by atoms with Crippen molar-refractivity contribution in [3.8, 4) is 0 Å². The predicted octanol–water partition coefficient (Wildman–Crippen LogP) is 7.99. The lowest BCUT2D eigenvalue weighted by Crippen LogP contribution is -2.32. The summed E-state index contributed by atoms with van der Waals surface area (Å²) in [6, 6.07) is 18.3. The molecule has 36 heavy (non-hydrogen) atoms. The van der Waals surface area contributed by atoms with Crippen LogP contribution in [-0.2, 0) is 0 Å². The first kappa shape index (κ1) is 24.5. The number of nitrogens with zero attached hydrogens (tertiary/aromatic N) is 3. The molecule has 1 saturated carbocycles. The van der Waals surface area contributed by atoms with Crippen LogP contribution in [0.1, 0.15) is 46.8 Å². The van der Waals surface area contributed by atoms with Crippen molar-refractivity contribution in [2.45, 2.75) is 25.3 Å². The lowest BCUT2D eigenvalue weighted by atomic mass is 9.77. The molecule has 3 aromatic rings. The SMILES string of the molecule is O=C(c1cc([N+](=O)[O-])ccc1Cl)N1N=C2/C(=C\c3ccc(Cl)cc3)CCC[C@H]2[C@@H]1c1ccc(Cl)cc1. The van der Waals surface area contributed by atoms with Crippen LogP contribution >= 0.6 is 34.8 Å². The third-order valence-electron chi connectivity index (χ3n) is 6.52. The van der Waals surface area contributed by atoms with E-state index in [2.05, 4.69) is 6.08 Å². The number of fused-ring (bicyclic) bond motifs is 1.